The lowest BCUT2D eigenvalue weighted by atomic mass is 9.96. The Labute approximate surface area is 107 Å². The third-order valence-corrected chi connectivity index (χ3v) is 3.62. The fourth-order valence-electron chi connectivity index (χ4n) is 1.71. The molecule has 0 radical (unpaired) electrons. The van der Waals surface area contributed by atoms with E-state index in [0.717, 1.165) is 5.56 Å². The Hall–Kier alpha value is -1.00. The van der Waals surface area contributed by atoms with E-state index in [1.807, 2.05) is 13.3 Å². The summed E-state index contributed by atoms with van der Waals surface area (Å²) in [5.74, 6) is -1.08. The summed E-state index contributed by atoms with van der Waals surface area (Å²) < 4.78 is 0. The summed E-state index contributed by atoms with van der Waals surface area (Å²) in [7, 11) is 1.86. The maximum atomic E-state index is 10.9. The molecular formula is C13H19NO2S. The molecule has 2 N–H and O–H groups in total. The molecule has 94 valence electrons. The fourth-order valence-corrected chi connectivity index (χ4v) is 2.12. The molecule has 0 bridgehead atoms. The van der Waals surface area contributed by atoms with E-state index < -0.39 is 5.97 Å². The second-order valence-corrected chi connectivity index (χ2v) is 4.97. The minimum Gasteiger partial charge on any atom is -0.481 e. The third kappa shape index (κ3) is 4.06. The molecular weight excluding hydrogens is 234 g/mol. The molecule has 0 aliphatic heterocycles. The molecule has 1 rings (SSSR count). The lowest BCUT2D eigenvalue weighted by molar-refractivity contribution is -0.141. The van der Waals surface area contributed by atoms with Crippen LogP contribution in [0.15, 0.2) is 29.2 Å². The van der Waals surface area contributed by atoms with E-state index in [9.17, 15) is 4.79 Å². The summed E-state index contributed by atoms with van der Waals surface area (Å²) in [5, 5.41) is 12.1. The van der Waals surface area contributed by atoms with Crippen LogP contribution < -0.4 is 5.32 Å². The minimum absolute atomic E-state index is 0.0945. The molecule has 0 aliphatic rings. The van der Waals surface area contributed by atoms with Gasteiger partial charge >= 0.3 is 5.97 Å². The van der Waals surface area contributed by atoms with Crippen molar-refractivity contribution >= 4 is 17.7 Å². The molecule has 0 aliphatic carbocycles. The van der Waals surface area contributed by atoms with Crippen LogP contribution in [0.3, 0.4) is 0 Å². The third-order valence-electron chi connectivity index (χ3n) is 2.88. The van der Waals surface area contributed by atoms with Crippen molar-refractivity contribution in [3.8, 4) is 0 Å². The molecule has 1 aromatic carbocycles. The molecule has 2 atom stereocenters. The molecule has 0 amide bonds. The van der Waals surface area contributed by atoms with Gasteiger partial charge in [0, 0.05) is 10.9 Å². The number of rotatable bonds is 6. The zero-order valence-electron chi connectivity index (χ0n) is 10.4. The molecule has 0 fully saturated rings. The molecule has 0 heterocycles. The minimum atomic E-state index is -0.744. The lowest BCUT2D eigenvalue weighted by Gasteiger charge is -2.19. The zero-order valence-corrected chi connectivity index (χ0v) is 11.3. The number of carboxylic acids is 1. The molecule has 1 aromatic rings. The zero-order chi connectivity index (χ0) is 12.8. The van der Waals surface area contributed by atoms with Crippen LogP contribution in [0.5, 0.6) is 0 Å². The second kappa shape index (κ2) is 6.67. The SMILES string of the molecule is CNC(CC(C)C(=O)O)c1ccc(SC)cc1. The number of hydrogen-bond donors (Lipinski definition) is 2. The largest absolute Gasteiger partial charge is 0.481 e. The first-order valence-electron chi connectivity index (χ1n) is 5.62. The highest BCUT2D eigenvalue weighted by Crippen LogP contribution is 2.23. The average molecular weight is 253 g/mol. The van der Waals surface area contributed by atoms with Crippen molar-refractivity contribution in [3.63, 3.8) is 0 Å². The van der Waals surface area contributed by atoms with Crippen LogP contribution in [0.1, 0.15) is 24.9 Å². The highest BCUT2D eigenvalue weighted by molar-refractivity contribution is 7.98. The molecule has 3 nitrogen and oxygen atoms in total. The van der Waals surface area contributed by atoms with Gasteiger partial charge in [-0.3, -0.25) is 4.79 Å². The normalized spacial score (nSPS) is 14.3. The van der Waals surface area contributed by atoms with E-state index in [-0.39, 0.29) is 12.0 Å². The molecule has 4 heteroatoms. The van der Waals surface area contributed by atoms with Crippen molar-refractivity contribution in [1.82, 2.24) is 5.32 Å². The number of carbonyl (C=O) groups is 1. The van der Waals surface area contributed by atoms with Crippen molar-refractivity contribution in [2.75, 3.05) is 13.3 Å². The number of carboxylic acid groups (broad SMARTS) is 1. The van der Waals surface area contributed by atoms with Crippen molar-refractivity contribution < 1.29 is 9.90 Å². The quantitative estimate of drug-likeness (QED) is 0.765. The van der Waals surface area contributed by atoms with Gasteiger partial charge in [-0.25, -0.2) is 0 Å². The topological polar surface area (TPSA) is 49.3 Å². The Morgan fingerprint density at radius 1 is 1.41 bits per heavy atom. The molecule has 0 saturated carbocycles. The van der Waals surface area contributed by atoms with Crippen LogP contribution in [0.2, 0.25) is 0 Å². The van der Waals surface area contributed by atoms with Gasteiger partial charge in [-0.1, -0.05) is 19.1 Å². The van der Waals surface area contributed by atoms with Crippen LogP contribution in [0.4, 0.5) is 0 Å². The van der Waals surface area contributed by atoms with Gasteiger partial charge in [0.25, 0.3) is 0 Å². The summed E-state index contributed by atoms with van der Waals surface area (Å²) in [6, 6.07) is 8.34. The Balaban J connectivity index is 2.75. The summed E-state index contributed by atoms with van der Waals surface area (Å²) in [5.41, 5.74) is 1.14. The number of thioether (sulfide) groups is 1. The van der Waals surface area contributed by atoms with Crippen LogP contribution in [-0.4, -0.2) is 24.4 Å². The molecule has 17 heavy (non-hydrogen) atoms. The van der Waals surface area contributed by atoms with Gasteiger partial charge in [0.2, 0.25) is 0 Å². The summed E-state index contributed by atoms with van der Waals surface area (Å²) >= 11 is 1.70. The van der Waals surface area contributed by atoms with Crippen molar-refractivity contribution in [2.45, 2.75) is 24.3 Å². The summed E-state index contributed by atoms with van der Waals surface area (Å²) in [6.07, 6.45) is 2.64. The van der Waals surface area contributed by atoms with Crippen LogP contribution in [0, 0.1) is 5.92 Å². The maximum Gasteiger partial charge on any atom is 0.306 e. The second-order valence-electron chi connectivity index (χ2n) is 4.09. The van der Waals surface area contributed by atoms with Gasteiger partial charge < -0.3 is 10.4 Å². The fraction of sp³-hybridized carbons (Fsp3) is 0.462. The maximum absolute atomic E-state index is 10.9. The highest BCUT2D eigenvalue weighted by Gasteiger charge is 2.18. The predicted octanol–water partition coefficient (Wildman–Crippen LogP) is 2.78. The van der Waals surface area contributed by atoms with Gasteiger partial charge in [-0.2, -0.15) is 0 Å². The molecule has 2 unspecified atom stereocenters. The summed E-state index contributed by atoms with van der Waals surface area (Å²) in [4.78, 5) is 12.1. The van der Waals surface area contributed by atoms with Gasteiger partial charge in [0.1, 0.15) is 0 Å². The Morgan fingerprint density at radius 2 is 2.00 bits per heavy atom. The average Bonchev–Trinajstić information content (AvgIpc) is 2.35. The molecule has 0 spiro atoms. The lowest BCUT2D eigenvalue weighted by Crippen LogP contribution is -2.22. The van der Waals surface area contributed by atoms with E-state index >= 15 is 0 Å². The van der Waals surface area contributed by atoms with E-state index in [4.69, 9.17) is 5.11 Å². The van der Waals surface area contributed by atoms with Crippen LogP contribution in [0.25, 0.3) is 0 Å². The van der Waals surface area contributed by atoms with E-state index in [2.05, 4.69) is 29.6 Å². The van der Waals surface area contributed by atoms with Gasteiger partial charge in [0.15, 0.2) is 0 Å². The summed E-state index contributed by atoms with van der Waals surface area (Å²) in [6.45, 7) is 1.74. The van der Waals surface area contributed by atoms with Gasteiger partial charge in [-0.15, -0.1) is 11.8 Å². The van der Waals surface area contributed by atoms with Gasteiger partial charge in [-0.05, 0) is 37.4 Å². The van der Waals surface area contributed by atoms with Crippen LogP contribution >= 0.6 is 11.8 Å². The number of benzene rings is 1. The highest BCUT2D eigenvalue weighted by atomic mass is 32.2. The van der Waals surface area contributed by atoms with Crippen molar-refractivity contribution in [2.24, 2.45) is 5.92 Å². The van der Waals surface area contributed by atoms with Gasteiger partial charge in [0.05, 0.1) is 5.92 Å². The first-order valence-corrected chi connectivity index (χ1v) is 6.85. The molecule has 0 aromatic heterocycles. The number of aliphatic carboxylic acids is 1. The Kier molecular flexibility index (Phi) is 5.51. The first kappa shape index (κ1) is 14.1. The monoisotopic (exact) mass is 253 g/mol. The smallest absolute Gasteiger partial charge is 0.306 e. The van der Waals surface area contributed by atoms with E-state index in [0.29, 0.717) is 6.42 Å². The number of hydrogen-bond acceptors (Lipinski definition) is 3. The predicted molar refractivity (Wildman–Crippen MR) is 71.4 cm³/mol. The standard InChI is InChI=1S/C13H19NO2S/c1-9(13(15)16)8-12(14-2)10-4-6-11(17-3)7-5-10/h4-7,9,12,14H,8H2,1-3H3,(H,15,16). The van der Waals surface area contributed by atoms with Crippen molar-refractivity contribution in [3.05, 3.63) is 29.8 Å². The Morgan fingerprint density at radius 3 is 2.41 bits per heavy atom. The number of nitrogens with one attached hydrogen (secondary N) is 1. The Bertz CT molecular complexity index is 364. The molecule has 0 saturated heterocycles. The van der Waals surface area contributed by atoms with E-state index in [1.54, 1.807) is 18.7 Å². The van der Waals surface area contributed by atoms with Crippen LogP contribution in [-0.2, 0) is 4.79 Å². The first-order chi connectivity index (χ1) is 8.08. The van der Waals surface area contributed by atoms with Crippen molar-refractivity contribution in [1.29, 1.82) is 0 Å². The van der Waals surface area contributed by atoms with E-state index in [1.165, 1.54) is 4.90 Å².